The van der Waals surface area contributed by atoms with Gasteiger partial charge in [0.05, 0.1) is 0 Å². The van der Waals surface area contributed by atoms with Crippen LogP contribution in [0.15, 0.2) is 59.5 Å². The van der Waals surface area contributed by atoms with E-state index in [1.165, 1.54) is 10.6 Å². The van der Waals surface area contributed by atoms with Crippen molar-refractivity contribution in [3.63, 3.8) is 0 Å². The van der Waals surface area contributed by atoms with Crippen LogP contribution in [0.2, 0.25) is 0 Å². The molecule has 0 spiro atoms. The summed E-state index contributed by atoms with van der Waals surface area (Å²) in [6.07, 6.45) is 0. The van der Waals surface area contributed by atoms with Gasteiger partial charge >= 0.3 is 119 Å². The van der Waals surface area contributed by atoms with Crippen LogP contribution in [0.5, 0.6) is 0 Å². The maximum absolute atomic E-state index is 2.27. The quantitative estimate of drug-likeness (QED) is 0.687. The number of anilines is 1. The van der Waals surface area contributed by atoms with Gasteiger partial charge in [-0.05, 0) is 0 Å². The number of hydrogen-bond donors (Lipinski definition) is 0. The van der Waals surface area contributed by atoms with Crippen LogP contribution in [0.1, 0.15) is 0 Å². The van der Waals surface area contributed by atoms with Gasteiger partial charge in [0.1, 0.15) is 0 Å². The third kappa shape index (κ3) is 3.75. The Bertz CT molecular complexity index is 471. The average molecular weight is 430 g/mol. The van der Waals surface area contributed by atoms with Crippen LogP contribution >= 0.6 is 8.24 Å². The zero-order chi connectivity index (χ0) is 12.1. The Hall–Kier alpha value is -0.475. The van der Waals surface area contributed by atoms with Gasteiger partial charge in [-0.25, -0.2) is 0 Å². The molecule has 0 radical (unpaired) electrons. The van der Waals surface area contributed by atoms with Gasteiger partial charge in [0.25, 0.3) is 0 Å². The zero-order valence-corrected chi connectivity index (χ0v) is 16.6. The second-order valence-corrected chi connectivity index (χ2v) is 15.1. The molecule has 0 unspecified atom stereocenters. The molecule has 0 aromatic heterocycles. The molecule has 0 N–H and O–H groups in total. The molecular formula is C14H15HgNS. The monoisotopic (exact) mass is 431 g/mol. The summed E-state index contributed by atoms with van der Waals surface area (Å²) in [6.45, 7) is 0. The molecule has 0 saturated carbocycles. The number of benzene rings is 2. The predicted octanol–water partition coefficient (Wildman–Crippen LogP) is 3.17. The number of para-hydroxylation sites is 1. The summed E-state index contributed by atoms with van der Waals surface area (Å²) in [5.74, 6) is 0. The molecule has 0 amide bonds. The summed E-state index contributed by atoms with van der Waals surface area (Å²) >= 11 is -1.05. The number of hydrogen-bond acceptors (Lipinski definition) is 2. The van der Waals surface area contributed by atoms with E-state index in [9.17, 15) is 0 Å². The summed E-state index contributed by atoms with van der Waals surface area (Å²) in [4.78, 5) is 3.63. The number of nitrogens with zero attached hydrogens (tertiary/aromatic N) is 1. The van der Waals surface area contributed by atoms with Gasteiger partial charge in [-0.2, -0.15) is 0 Å². The molecule has 0 atom stereocenters. The van der Waals surface area contributed by atoms with E-state index in [-0.39, 0.29) is 0 Å². The van der Waals surface area contributed by atoms with Crippen molar-refractivity contribution in [1.82, 2.24) is 0 Å². The molecule has 84 valence electrons. The van der Waals surface area contributed by atoms with E-state index in [0.717, 1.165) is 0 Å². The van der Waals surface area contributed by atoms with Gasteiger partial charge in [0.2, 0.25) is 0 Å². The minimum absolute atomic E-state index is 1.05. The van der Waals surface area contributed by atoms with Crippen LogP contribution in [-0.2, 0) is 23.1 Å². The van der Waals surface area contributed by atoms with Crippen LogP contribution in [-0.4, -0.2) is 14.1 Å². The number of rotatable bonds is 4. The first-order chi connectivity index (χ1) is 8.27. The van der Waals surface area contributed by atoms with Crippen molar-refractivity contribution in [2.24, 2.45) is 0 Å². The predicted molar refractivity (Wildman–Crippen MR) is 72.7 cm³/mol. The first kappa shape index (κ1) is 13.0. The van der Waals surface area contributed by atoms with E-state index in [4.69, 9.17) is 0 Å². The molecule has 2 aromatic rings. The summed E-state index contributed by atoms with van der Waals surface area (Å²) in [5, 5.41) is 0. The normalized spacial score (nSPS) is 9.76. The maximum atomic E-state index is 2.27. The molecule has 0 heterocycles. The van der Waals surface area contributed by atoms with Gasteiger partial charge < -0.3 is 0 Å². The van der Waals surface area contributed by atoms with Crippen molar-refractivity contribution in [2.75, 3.05) is 19.0 Å². The topological polar surface area (TPSA) is 3.24 Å². The Labute approximate surface area is 118 Å². The van der Waals surface area contributed by atoms with Gasteiger partial charge in [0, 0.05) is 0 Å². The van der Waals surface area contributed by atoms with Crippen LogP contribution < -0.4 is 7.97 Å². The van der Waals surface area contributed by atoms with E-state index in [1.54, 1.807) is 3.07 Å². The Kier molecular flexibility index (Phi) is 4.92. The fourth-order valence-electron chi connectivity index (χ4n) is 1.68. The standard InChI is InChI=1S/C8H11NS.C6H5.Hg/c1-9(2)7-5-3-4-6-8(7)10;1-2-4-6-5-3-1;/h3-6,10H,1-2H3;1-5H;/q;;+1/p-1. The molecule has 0 saturated heterocycles. The zero-order valence-electron chi connectivity index (χ0n) is 10.3. The third-order valence-corrected chi connectivity index (χ3v) is 14.7. The Morgan fingerprint density at radius 1 is 0.882 bits per heavy atom. The molecule has 0 aliphatic carbocycles. The van der Waals surface area contributed by atoms with E-state index < -0.39 is 23.1 Å². The fourth-order valence-corrected chi connectivity index (χ4v) is 12.7. The van der Waals surface area contributed by atoms with Crippen molar-refractivity contribution in [1.29, 1.82) is 0 Å². The molecule has 0 aliphatic rings. The molecule has 0 bridgehead atoms. The summed E-state index contributed by atoms with van der Waals surface area (Å²) in [6, 6.07) is 19.6. The van der Waals surface area contributed by atoms with Gasteiger partial charge in [-0.1, -0.05) is 0 Å². The van der Waals surface area contributed by atoms with Gasteiger partial charge in [-0.3, -0.25) is 0 Å². The van der Waals surface area contributed by atoms with Gasteiger partial charge in [-0.15, -0.1) is 0 Å². The summed E-state index contributed by atoms with van der Waals surface area (Å²) < 4.78 is 1.59. The van der Waals surface area contributed by atoms with E-state index in [2.05, 4.69) is 81.8 Å². The first-order valence-electron chi connectivity index (χ1n) is 5.70. The Balaban J connectivity index is 2.09. The van der Waals surface area contributed by atoms with Crippen molar-refractivity contribution < 1.29 is 23.1 Å². The van der Waals surface area contributed by atoms with E-state index in [0.29, 0.717) is 0 Å². The van der Waals surface area contributed by atoms with Crippen LogP contribution in [0.4, 0.5) is 5.69 Å². The van der Waals surface area contributed by atoms with Crippen molar-refractivity contribution in [3.8, 4) is 0 Å². The fraction of sp³-hybridized carbons (Fsp3) is 0.143. The average Bonchev–Trinajstić information content (AvgIpc) is 2.38. The van der Waals surface area contributed by atoms with Crippen LogP contribution in [0.3, 0.4) is 0 Å². The van der Waals surface area contributed by atoms with E-state index in [1.807, 2.05) is 0 Å². The molecule has 17 heavy (non-hydrogen) atoms. The third-order valence-electron chi connectivity index (χ3n) is 2.58. The minimum atomic E-state index is -1.05. The second-order valence-electron chi connectivity index (χ2n) is 4.14. The van der Waals surface area contributed by atoms with E-state index >= 15 is 0 Å². The summed E-state index contributed by atoms with van der Waals surface area (Å²) in [5.41, 5.74) is 1.34. The summed E-state index contributed by atoms with van der Waals surface area (Å²) in [7, 11) is 6.33. The Morgan fingerprint density at radius 2 is 1.53 bits per heavy atom. The second kappa shape index (κ2) is 6.46. The molecule has 1 nitrogen and oxygen atoms in total. The van der Waals surface area contributed by atoms with Crippen molar-refractivity contribution in [3.05, 3.63) is 54.6 Å². The first-order valence-corrected chi connectivity index (χ1v) is 16.2. The van der Waals surface area contributed by atoms with Crippen molar-refractivity contribution in [2.45, 2.75) is 4.90 Å². The van der Waals surface area contributed by atoms with Crippen LogP contribution in [0.25, 0.3) is 0 Å². The molecule has 2 rings (SSSR count). The molecule has 2 aromatic carbocycles. The molecular weight excluding hydrogens is 415 g/mol. The van der Waals surface area contributed by atoms with Gasteiger partial charge in [0.15, 0.2) is 0 Å². The molecule has 0 fully saturated rings. The molecule has 0 aliphatic heterocycles. The van der Waals surface area contributed by atoms with Crippen molar-refractivity contribution >= 4 is 17.0 Å². The Morgan fingerprint density at radius 3 is 2.24 bits per heavy atom. The SMILES string of the molecule is CN(C)c1ccccc1[S][Hg][c]1ccccc1. The van der Waals surface area contributed by atoms with Crippen LogP contribution in [0, 0.1) is 0 Å². The molecule has 3 heteroatoms.